The lowest BCUT2D eigenvalue weighted by Gasteiger charge is -2.15. The average molecular weight is 306 g/mol. The van der Waals surface area contributed by atoms with Gasteiger partial charge in [0.15, 0.2) is 0 Å². The van der Waals surface area contributed by atoms with Gasteiger partial charge in [0.1, 0.15) is 0 Å². The maximum Gasteiger partial charge on any atom is 0.238 e. The molecule has 0 aliphatic rings. The smallest absolute Gasteiger partial charge is 0.238 e. The highest BCUT2D eigenvalue weighted by Crippen LogP contribution is 2.14. The molecule has 1 unspecified atom stereocenters. The summed E-state index contributed by atoms with van der Waals surface area (Å²) in [6, 6.07) is 6.58. The van der Waals surface area contributed by atoms with Gasteiger partial charge < -0.3 is 5.32 Å². The zero-order valence-corrected chi connectivity index (χ0v) is 12.8. The topological polar surface area (TPSA) is 98.0 Å². The van der Waals surface area contributed by atoms with Gasteiger partial charge in [0.05, 0.1) is 16.3 Å². The molecule has 0 saturated heterocycles. The number of hydrogen-bond acceptors (Lipinski definition) is 5. The molecule has 112 valence electrons. The van der Waals surface area contributed by atoms with Gasteiger partial charge in [-0.15, -0.1) is 0 Å². The first-order valence-electron chi connectivity index (χ1n) is 6.50. The summed E-state index contributed by atoms with van der Waals surface area (Å²) in [5, 5.41) is 8.42. The summed E-state index contributed by atoms with van der Waals surface area (Å²) in [5.74, 6) is 0. The third-order valence-electron chi connectivity index (χ3n) is 3.17. The second kappa shape index (κ2) is 6.30. The molecule has 0 bridgehead atoms. The number of primary sulfonamides is 1. The lowest BCUT2D eigenvalue weighted by Crippen LogP contribution is -2.20. The van der Waals surface area contributed by atoms with Crippen molar-refractivity contribution in [2.75, 3.05) is 0 Å². The van der Waals surface area contributed by atoms with Gasteiger partial charge in [-0.2, -0.15) is 0 Å². The molecule has 1 atom stereocenters. The Labute approximate surface area is 124 Å². The zero-order chi connectivity index (χ0) is 15.5. The van der Waals surface area contributed by atoms with Gasteiger partial charge in [0.2, 0.25) is 10.0 Å². The molecule has 1 heterocycles. The summed E-state index contributed by atoms with van der Waals surface area (Å²) in [7, 11) is -3.67. The highest BCUT2D eigenvalue weighted by atomic mass is 32.2. The largest absolute Gasteiger partial charge is 0.305 e. The van der Waals surface area contributed by atoms with E-state index in [1.54, 1.807) is 24.5 Å². The standard InChI is InChI=1S/C14H18N4O2S/c1-10-14(17-7-6-16-10)11(2)18-9-12-4-3-5-13(8-12)21(15,19)20/h3-8,11,18H,9H2,1-2H3,(H2,15,19,20). The summed E-state index contributed by atoms with van der Waals surface area (Å²) in [6.45, 7) is 4.41. The van der Waals surface area contributed by atoms with Crippen molar-refractivity contribution in [3.05, 3.63) is 53.6 Å². The van der Waals surface area contributed by atoms with Gasteiger partial charge in [0.25, 0.3) is 0 Å². The van der Waals surface area contributed by atoms with Crippen LogP contribution in [-0.2, 0) is 16.6 Å². The van der Waals surface area contributed by atoms with Crippen LogP contribution in [0.4, 0.5) is 0 Å². The van der Waals surface area contributed by atoms with Crippen LogP contribution in [0, 0.1) is 6.92 Å². The molecule has 7 heteroatoms. The minimum absolute atomic E-state index is 0.0110. The Kier molecular flexibility index (Phi) is 4.66. The summed E-state index contributed by atoms with van der Waals surface area (Å²) >= 11 is 0. The molecule has 21 heavy (non-hydrogen) atoms. The molecule has 0 radical (unpaired) electrons. The number of nitrogens with two attached hydrogens (primary N) is 1. The van der Waals surface area contributed by atoms with Gasteiger partial charge in [-0.05, 0) is 31.5 Å². The summed E-state index contributed by atoms with van der Waals surface area (Å²) in [6.07, 6.45) is 3.31. The minimum atomic E-state index is -3.67. The number of nitrogens with zero attached hydrogens (tertiary/aromatic N) is 2. The molecule has 3 N–H and O–H groups in total. The Morgan fingerprint density at radius 2 is 2.00 bits per heavy atom. The van der Waals surface area contributed by atoms with Crippen molar-refractivity contribution in [1.29, 1.82) is 0 Å². The van der Waals surface area contributed by atoms with Crippen molar-refractivity contribution in [1.82, 2.24) is 15.3 Å². The molecule has 0 aliphatic heterocycles. The molecule has 0 spiro atoms. The average Bonchev–Trinajstić information content (AvgIpc) is 2.45. The number of aryl methyl sites for hydroxylation is 1. The lowest BCUT2D eigenvalue weighted by atomic mass is 10.1. The molecule has 2 aromatic rings. The van der Waals surface area contributed by atoms with Gasteiger partial charge >= 0.3 is 0 Å². The molecule has 1 aromatic carbocycles. The summed E-state index contributed by atoms with van der Waals surface area (Å²) in [4.78, 5) is 8.63. The van der Waals surface area contributed by atoms with Gasteiger partial charge in [0, 0.05) is 25.0 Å². The van der Waals surface area contributed by atoms with Gasteiger partial charge in [-0.1, -0.05) is 12.1 Å². The van der Waals surface area contributed by atoms with Crippen molar-refractivity contribution in [3.8, 4) is 0 Å². The number of aromatic nitrogens is 2. The fraction of sp³-hybridized carbons (Fsp3) is 0.286. The predicted octanol–water partition coefficient (Wildman–Crippen LogP) is 1.28. The first-order valence-corrected chi connectivity index (χ1v) is 8.05. The number of hydrogen-bond donors (Lipinski definition) is 2. The van der Waals surface area contributed by atoms with Crippen LogP contribution in [0.2, 0.25) is 0 Å². The molecule has 0 aliphatic carbocycles. The van der Waals surface area contributed by atoms with Gasteiger partial charge in [-0.3, -0.25) is 9.97 Å². The maximum atomic E-state index is 11.3. The molecular weight excluding hydrogens is 288 g/mol. The fourth-order valence-electron chi connectivity index (χ4n) is 2.04. The van der Waals surface area contributed by atoms with E-state index >= 15 is 0 Å². The molecule has 0 fully saturated rings. The van der Waals surface area contributed by atoms with Crippen LogP contribution in [-0.4, -0.2) is 18.4 Å². The fourth-order valence-corrected chi connectivity index (χ4v) is 2.63. The summed E-state index contributed by atoms with van der Waals surface area (Å²) in [5.41, 5.74) is 2.59. The Morgan fingerprint density at radius 1 is 1.29 bits per heavy atom. The molecular formula is C14H18N4O2S. The van der Waals surface area contributed by atoms with Crippen LogP contribution in [0.3, 0.4) is 0 Å². The monoisotopic (exact) mass is 306 g/mol. The number of benzene rings is 1. The van der Waals surface area contributed by atoms with Crippen LogP contribution < -0.4 is 10.5 Å². The van der Waals surface area contributed by atoms with E-state index in [1.807, 2.05) is 19.9 Å². The van der Waals surface area contributed by atoms with E-state index in [2.05, 4.69) is 15.3 Å². The highest BCUT2D eigenvalue weighted by Gasteiger charge is 2.11. The van der Waals surface area contributed by atoms with Crippen molar-refractivity contribution in [2.24, 2.45) is 5.14 Å². The molecule has 0 amide bonds. The van der Waals surface area contributed by atoms with E-state index in [0.29, 0.717) is 6.54 Å². The zero-order valence-electron chi connectivity index (χ0n) is 11.9. The third kappa shape index (κ3) is 4.07. The van der Waals surface area contributed by atoms with E-state index in [0.717, 1.165) is 17.0 Å². The van der Waals surface area contributed by atoms with Crippen molar-refractivity contribution >= 4 is 10.0 Å². The Bertz CT molecular complexity index is 731. The van der Waals surface area contributed by atoms with Crippen LogP contribution in [0.15, 0.2) is 41.6 Å². The van der Waals surface area contributed by atoms with E-state index < -0.39 is 10.0 Å². The number of rotatable bonds is 5. The van der Waals surface area contributed by atoms with Crippen LogP contribution in [0.1, 0.15) is 29.9 Å². The van der Waals surface area contributed by atoms with Crippen molar-refractivity contribution in [2.45, 2.75) is 31.3 Å². The SMILES string of the molecule is Cc1nccnc1C(C)NCc1cccc(S(N)(=O)=O)c1. The Morgan fingerprint density at radius 3 is 2.67 bits per heavy atom. The third-order valence-corrected chi connectivity index (χ3v) is 4.08. The number of nitrogens with one attached hydrogen (secondary N) is 1. The first kappa shape index (κ1) is 15.6. The first-order chi connectivity index (χ1) is 9.88. The molecule has 0 saturated carbocycles. The quantitative estimate of drug-likeness (QED) is 0.867. The molecule has 6 nitrogen and oxygen atoms in total. The second-order valence-electron chi connectivity index (χ2n) is 4.82. The van der Waals surface area contributed by atoms with Crippen molar-refractivity contribution in [3.63, 3.8) is 0 Å². The Balaban J connectivity index is 2.09. The normalized spacial score (nSPS) is 13.1. The second-order valence-corrected chi connectivity index (χ2v) is 6.38. The van der Waals surface area contributed by atoms with Gasteiger partial charge in [-0.25, -0.2) is 13.6 Å². The maximum absolute atomic E-state index is 11.3. The van der Waals surface area contributed by atoms with Crippen molar-refractivity contribution < 1.29 is 8.42 Å². The van der Waals surface area contributed by atoms with Crippen LogP contribution >= 0.6 is 0 Å². The highest BCUT2D eigenvalue weighted by molar-refractivity contribution is 7.89. The Hall–Kier alpha value is -1.83. The lowest BCUT2D eigenvalue weighted by molar-refractivity contribution is 0.554. The molecule has 2 rings (SSSR count). The van der Waals surface area contributed by atoms with Crippen LogP contribution in [0.5, 0.6) is 0 Å². The van der Waals surface area contributed by atoms with E-state index in [9.17, 15) is 8.42 Å². The van der Waals surface area contributed by atoms with E-state index in [-0.39, 0.29) is 10.9 Å². The van der Waals surface area contributed by atoms with Crippen LogP contribution in [0.25, 0.3) is 0 Å². The van der Waals surface area contributed by atoms with E-state index in [4.69, 9.17) is 5.14 Å². The molecule has 1 aromatic heterocycles. The predicted molar refractivity (Wildman–Crippen MR) is 79.8 cm³/mol. The van der Waals surface area contributed by atoms with E-state index in [1.165, 1.54) is 6.07 Å². The minimum Gasteiger partial charge on any atom is -0.305 e. The summed E-state index contributed by atoms with van der Waals surface area (Å²) < 4.78 is 22.7. The number of sulfonamides is 1.